The maximum atomic E-state index is 13.2. The lowest BCUT2D eigenvalue weighted by atomic mass is 10.1. The lowest BCUT2D eigenvalue weighted by molar-refractivity contribution is -0.128. The fraction of sp³-hybridized carbons (Fsp3) is 0.211. The van der Waals surface area contributed by atoms with E-state index in [0.29, 0.717) is 13.1 Å². The van der Waals surface area contributed by atoms with Crippen molar-refractivity contribution in [3.8, 4) is 22.9 Å². The Bertz CT molecular complexity index is 1810. The van der Waals surface area contributed by atoms with E-state index in [1.807, 2.05) is 137 Å². The quantitative estimate of drug-likeness (QED) is 0.0724. The molecule has 0 saturated heterocycles. The van der Waals surface area contributed by atoms with Crippen LogP contribution in [-0.2, 0) is 16.0 Å². The summed E-state index contributed by atoms with van der Waals surface area (Å²) >= 11 is 0. The number of aromatic nitrogens is 3. The number of carbonyl (C=O) groups excluding carboxylic acids is 2. The summed E-state index contributed by atoms with van der Waals surface area (Å²) in [5.74, 6) is 0.936. The van der Waals surface area contributed by atoms with Crippen LogP contribution >= 0.6 is 0 Å². The van der Waals surface area contributed by atoms with Crippen molar-refractivity contribution in [1.29, 1.82) is 0 Å². The van der Waals surface area contributed by atoms with Gasteiger partial charge in [0.25, 0.3) is 0 Å². The molecular formula is C38H41N7O4. The number of fused-ring (bicyclic) bond motifs is 1. The van der Waals surface area contributed by atoms with Crippen LogP contribution in [0.25, 0.3) is 22.3 Å². The van der Waals surface area contributed by atoms with Crippen molar-refractivity contribution in [2.45, 2.75) is 25.4 Å². The van der Waals surface area contributed by atoms with Gasteiger partial charge in [-0.3, -0.25) is 20.2 Å². The summed E-state index contributed by atoms with van der Waals surface area (Å²) in [7, 11) is 0. The summed E-state index contributed by atoms with van der Waals surface area (Å²) in [6, 6.07) is 30.3. The van der Waals surface area contributed by atoms with E-state index in [0.717, 1.165) is 39.3 Å². The zero-order valence-electron chi connectivity index (χ0n) is 27.3. The molecule has 6 rings (SSSR count). The van der Waals surface area contributed by atoms with Crippen molar-refractivity contribution in [2.24, 2.45) is 0 Å². The number of para-hydroxylation sites is 1. The number of amides is 2. The number of hydrogen-bond acceptors (Lipinski definition) is 6. The first kappa shape index (κ1) is 33.1. The van der Waals surface area contributed by atoms with Gasteiger partial charge in [0, 0.05) is 66.4 Å². The predicted octanol–water partition coefficient (Wildman–Crippen LogP) is 4.53. The van der Waals surface area contributed by atoms with Crippen LogP contribution in [-0.4, -0.2) is 64.6 Å². The van der Waals surface area contributed by atoms with Crippen LogP contribution in [0.1, 0.15) is 12.5 Å². The molecule has 0 saturated carbocycles. The highest BCUT2D eigenvalue weighted by Gasteiger charge is 2.20. The molecule has 3 heterocycles. The van der Waals surface area contributed by atoms with Crippen molar-refractivity contribution in [3.63, 3.8) is 0 Å². The van der Waals surface area contributed by atoms with E-state index in [2.05, 4.69) is 26.3 Å². The highest BCUT2D eigenvalue weighted by atomic mass is 16.5. The van der Waals surface area contributed by atoms with Crippen molar-refractivity contribution < 1.29 is 19.1 Å². The summed E-state index contributed by atoms with van der Waals surface area (Å²) < 4.78 is 15.8. The van der Waals surface area contributed by atoms with E-state index in [4.69, 9.17) is 9.47 Å². The normalized spacial score (nSPS) is 11.8. The molecule has 0 radical (unpaired) electrons. The van der Waals surface area contributed by atoms with Gasteiger partial charge in [0.2, 0.25) is 11.8 Å². The van der Waals surface area contributed by atoms with Gasteiger partial charge in [-0.05, 0) is 91.3 Å². The molecule has 6 aromatic rings. The van der Waals surface area contributed by atoms with Crippen molar-refractivity contribution in [2.75, 3.05) is 26.6 Å². The topological polar surface area (TPSA) is 126 Å². The SMILES string of the molecule is C[C@@H](NC(=O)Cc1c[nH]c2ccccc12)C(=O)NC(CNCOc1ccc(-n2cccc2)cc1)CNCOc1ccc(-n2cccc2)cc1. The fourth-order valence-electron chi connectivity index (χ4n) is 5.49. The average Bonchev–Trinajstić information content (AvgIpc) is 3.93. The van der Waals surface area contributed by atoms with Gasteiger partial charge >= 0.3 is 0 Å². The second-order valence-electron chi connectivity index (χ2n) is 11.7. The molecule has 3 aromatic heterocycles. The molecule has 49 heavy (non-hydrogen) atoms. The standard InChI is InChI=1S/C38H41N7O4/c1-28(42-37(46)22-29-23-41-36-9-3-2-8-35(29)36)38(47)43-30(24-39-26-48-33-14-10-31(11-15-33)44-18-4-5-19-44)25-40-27-49-34-16-12-32(13-17-34)45-20-6-7-21-45/h2-21,23,28,30,39-41H,22,24-27H2,1H3,(H,42,46)(H,43,47)/t28-/m1/s1. The van der Waals surface area contributed by atoms with E-state index in [9.17, 15) is 9.59 Å². The molecule has 2 amide bonds. The Balaban J connectivity index is 0.991. The molecule has 0 fully saturated rings. The molecular weight excluding hydrogens is 618 g/mol. The molecule has 11 heteroatoms. The number of carbonyl (C=O) groups is 2. The second-order valence-corrected chi connectivity index (χ2v) is 11.7. The first-order valence-electron chi connectivity index (χ1n) is 16.3. The van der Waals surface area contributed by atoms with Crippen LogP contribution in [0.3, 0.4) is 0 Å². The minimum absolute atomic E-state index is 0.168. The molecule has 0 unspecified atom stereocenters. The first-order chi connectivity index (χ1) is 24.0. The Kier molecular flexibility index (Phi) is 11.1. The Hall–Kier alpha value is -5.78. The Morgan fingerprint density at radius 2 is 1.22 bits per heavy atom. The lowest BCUT2D eigenvalue weighted by Crippen LogP contribution is -2.54. The number of nitrogens with zero attached hydrogens (tertiary/aromatic N) is 2. The Morgan fingerprint density at radius 1 is 0.694 bits per heavy atom. The first-order valence-corrected chi connectivity index (χ1v) is 16.3. The largest absolute Gasteiger partial charge is 0.478 e. The predicted molar refractivity (Wildman–Crippen MR) is 190 cm³/mol. The van der Waals surface area contributed by atoms with Crippen LogP contribution in [0.4, 0.5) is 0 Å². The maximum Gasteiger partial charge on any atom is 0.242 e. The van der Waals surface area contributed by atoms with E-state index in [1.54, 1.807) is 6.92 Å². The number of aromatic amines is 1. The third kappa shape index (κ3) is 9.19. The molecule has 1 atom stereocenters. The number of benzene rings is 3. The highest BCUT2D eigenvalue weighted by Crippen LogP contribution is 2.19. The Labute approximate surface area is 285 Å². The monoisotopic (exact) mass is 659 g/mol. The number of rotatable bonds is 17. The molecule has 3 aromatic carbocycles. The van der Waals surface area contributed by atoms with E-state index >= 15 is 0 Å². The highest BCUT2D eigenvalue weighted by molar-refractivity contribution is 5.91. The summed E-state index contributed by atoms with van der Waals surface area (Å²) in [6.45, 7) is 3.01. The second kappa shape index (κ2) is 16.4. The third-order valence-electron chi connectivity index (χ3n) is 8.08. The molecule has 0 bridgehead atoms. The van der Waals surface area contributed by atoms with Gasteiger partial charge in [0.15, 0.2) is 0 Å². The van der Waals surface area contributed by atoms with E-state index in [-0.39, 0.29) is 37.7 Å². The number of hydrogen-bond donors (Lipinski definition) is 5. The molecule has 0 spiro atoms. The van der Waals surface area contributed by atoms with E-state index < -0.39 is 6.04 Å². The molecule has 0 aliphatic heterocycles. The molecule has 252 valence electrons. The van der Waals surface area contributed by atoms with Gasteiger partial charge < -0.3 is 34.2 Å². The van der Waals surface area contributed by atoms with Gasteiger partial charge in [0.1, 0.15) is 31.0 Å². The third-order valence-corrected chi connectivity index (χ3v) is 8.08. The maximum absolute atomic E-state index is 13.2. The van der Waals surface area contributed by atoms with Crippen LogP contribution in [0.2, 0.25) is 0 Å². The van der Waals surface area contributed by atoms with Crippen LogP contribution in [0.15, 0.2) is 128 Å². The van der Waals surface area contributed by atoms with Gasteiger partial charge in [0.05, 0.1) is 12.5 Å². The lowest BCUT2D eigenvalue weighted by Gasteiger charge is -2.23. The zero-order valence-corrected chi connectivity index (χ0v) is 27.3. The van der Waals surface area contributed by atoms with Gasteiger partial charge in [-0.1, -0.05) is 18.2 Å². The molecule has 5 N–H and O–H groups in total. The van der Waals surface area contributed by atoms with Gasteiger partial charge in [-0.25, -0.2) is 0 Å². The minimum atomic E-state index is -0.731. The van der Waals surface area contributed by atoms with Crippen molar-refractivity contribution >= 4 is 22.7 Å². The summed E-state index contributed by atoms with van der Waals surface area (Å²) in [4.78, 5) is 29.3. The summed E-state index contributed by atoms with van der Waals surface area (Å²) in [6.07, 6.45) is 9.95. The molecule has 0 aliphatic carbocycles. The summed E-state index contributed by atoms with van der Waals surface area (Å²) in [5, 5.41) is 13.4. The fourth-order valence-corrected chi connectivity index (χ4v) is 5.49. The number of nitrogens with one attached hydrogen (secondary N) is 5. The zero-order chi connectivity index (χ0) is 33.8. The number of ether oxygens (including phenoxy) is 2. The molecule has 0 aliphatic rings. The van der Waals surface area contributed by atoms with Crippen molar-refractivity contribution in [3.05, 3.63) is 134 Å². The van der Waals surface area contributed by atoms with Gasteiger partial charge in [-0.2, -0.15) is 0 Å². The number of H-pyrrole nitrogens is 1. The van der Waals surface area contributed by atoms with Crippen molar-refractivity contribution in [1.82, 2.24) is 35.4 Å². The van der Waals surface area contributed by atoms with Crippen LogP contribution < -0.4 is 30.7 Å². The minimum Gasteiger partial charge on any atom is -0.478 e. The molecule has 11 nitrogen and oxygen atoms in total. The summed E-state index contributed by atoms with van der Waals surface area (Å²) in [5.41, 5.74) is 3.93. The van der Waals surface area contributed by atoms with Gasteiger partial charge in [-0.15, -0.1) is 0 Å². The smallest absolute Gasteiger partial charge is 0.242 e. The van der Waals surface area contributed by atoms with Crippen LogP contribution in [0, 0.1) is 0 Å². The Morgan fingerprint density at radius 3 is 1.78 bits per heavy atom. The average molecular weight is 660 g/mol. The van der Waals surface area contributed by atoms with E-state index in [1.165, 1.54) is 0 Å². The van der Waals surface area contributed by atoms with Crippen LogP contribution in [0.5, 0.6) is 11.5 Å².